The van der Waals surface area contributed by atoms with Crippen LogP contribution >= 0.6 is 11.3 Å². The summed E-state index contributed by atoms with van der Waals surface area (Å²) in [6.45, 7) is 2.32. The van der Waals surface area contributed by atoms with Crippen molar-refractivity contribution in [1.29, 1.82) is 0 Å². The highest BCUT2D eigenvalue weighted by Gasteiger charge is 2.15. The van der Waals surface area contributed by atoms with Gasteiger partial charge in [0, 0.05) is 30.0 Å². The van der Waals surface area contributed by atoms with E-state index in [4.69, 9.17) is 4.74 Å². The number of hydrogen-bond acceptors (Lipinski definition) is 5. The summed E-state index contributed by atoms with van der Waals surface area (Å²) in [5.41, 5.74) is 1.59. The third-order valence-corrected chi connectivity index (χ3v) is 5.34. The fourth-order valence-corrected chi connectivity index (χ4v) is 3.69. The van der Waals surface area contributed by atoms with E-state index in [0.717, 1.165) is 16.0 Å². The first-order valence-corrected chi connectivity index (χ1v) is 9.84. The largest absolute Gasteiger partial charge is 0.481 e. The number of carbonyl (C=O) groups excluding carboxylic acids is 1. The van der Waals surface area contributed by atoms with Crippen molar-refractivity contribution in [2.75, 3.05) is 13.2 Å². The van der Waals surface area contributed by atoms with Crippen molar-refractivity contribution in [3.63, 3.8) is 0 Å². The zero-order chi connectivity index (χ0) is 20.1. The molecule has 3 heterocycles. The molecule has 0 unspecified atom stereocenters. The Morgan fingerprint density at radius 1 is 1.21 bits per heavy atom. The molecule has 0 atom stereocenters. The number of hydrogen-bond donors (Lipinski definition) is 1. The summed E-state index contributed by atoms with van der Waals surface area (Å²) < 4.78 is 7.52. The van der Waals surface area contributed by atoms with E-state index in [0.29, 0.717) is 16.3 Å². The number of nitrogens with zero attached hydrogens (tertiary/aromatic N) is 3. The monoisotopic (exact) mass is 402 g/mol. The van der Waals surface area contributed by atoms with Gasteiger partial charge < -0.3 is 14.6 Å². The summed E-state index contributed by atoms with van der Waals surface area (Å²) in [6.07, 6.45) is 5.55. The molecule has 0 radical (unpaired) electrons. The van der Waals surface area contributed by atoms with Gasteiger partial charge in [-0.05, 0) is 37.3 Å². The summed E-state index contributed by atoms with van der Waals surface area (Å²) in [7, 11) is 0. The number of nitrogens with one attached hydrogen (secondary N) is 1. The average Bonchev–Trinajstić information content (AvgIpc) is 3.40. The topological polar surface area (TPSA) is 69.0 Å². The third-order valence-electron chi connectivity index (χ3n) is 4.17. The molecule has 1 N–H and O–H groups in total. The van der Waals surface area contributed by atoms with Crippen molar-refractivity contribution in [3.05, 3.63) is 71.6 Å². The van der Waals surface area contributed by atoms with E-state index in [1.165, 1.54) is 11.3 Å². The van der Waals surface area contributed by atoms with E-state index in [9.17, 15) is 4.79 Å². The lowest BCUT2D eigenvalue weighted by molar-refractivity contribution is 0.0962. The number of thiazole rings is 1. The molecule has 1 amide bonds. The molecule has 3 aromatic heterocycles. The van der Waals surface area contributed by atoms with E-state index in [1.54, 1.807) is 6.20 Å². The number of ether oxygens (including phenoxy) is 1. The van der Waals surface area contributed by atoms with E-state index < -0.39 is 0 Å². The Bertz CT molecular complexity index is 1200. The second-order valence-corrected chi connectivity index (χ2v) is 7.16. The third kappa shape index (κ3) is 4.45. The SMILES string of the molecule is Cc1nc(-n2cccc2)sc1C(=O)NCC#CCOc1ccc2cccnc2c1. The predicted molar refractivity (Wildman–Crippen MR) is 114 cm³/mol. The molecular weight excluding hydrogens is 384 g/mol. The van der Waals surface area contributed by atoms with Gasteiger partial charge in [-0.3, -0.25) is 9.78 Å². The van der Waals surface area contributed by atoms with Gasteiger partial charge in [-0.15, -0.1) is 0 Å². The number of fused-ring (bicyclic) bond motifs is 1. The van der Waals surface area contributed by atoms with Crippen LogP contribution in [0.1, 0.15) is 15.4 Å². The summed E-state index contributed by atoms with van der Waals surface area (Å²) in [6, 6.07) is 13.5. The molecular formula is C22H18N4O2S. The minimum atomic E-state index is -0.172. The molecule has 0 saturated carbocycles. The van der Waals surface area contributed by atoms with Gasteiger partial charge >= 0.3 is 0 Å². The van der Waals surface area contributed by atoms with Gasteiger partial charge in [0.15, 0.2) is 5.13 Å². The Kier molecular flexibility index (Phi) is 5.54. The smallest absolute Gasteiger partial charge is 0.264 e. The average molecular weight is 402 g/mol. The van der Waals surface area contributed by atoms with Crippen LogP contribution in [-0.2, 0) is 0 Å². The molecule has 4 rings (SSSR count). The fourth-order valence-electron chi connectivity index (χ4n) is 2.74. The number of aryl methyl sites for hydroxylation is 1. The first kappa shape index (κ1) is 18.7. The van der Waals surface area contributed by atoms with Gasteiger partial charge in [0.2, 0.25) is 0 Å². The van der Waals surface area contributed by atoms with Crippen molar-refractivity contribution in [2.24, 2.45) is 0 Å². The molecule has 6 nitrogen and oxygen atoms in total. The second-order valence-electron chi connectivity index (χ2n) is 6.18. The maximum atomic E-state index is 12.4. The number of benzene rings is 1. The first-order chi connectivity index (χ1) is 14.2. The number of aromatic nitrogens is 3. The van der Waals surface area contributed by atoms with Crippen molar-refractivity contribution in [3.8, 4) is 22.7 Å². The molecule has 0 saturated heterocycles. The van der Waals surface area contributed by atoms with Crippen LogP contribution in [0.25, 0.3) is 16.0 Å². The van der Waals surface area contributed by atoms with E-state index in [2.05, 4.69) is 27.1 Å². The number of pyridine rings is 1. The quantitative estimate of drug-likeness (QED) is 0.518. The van der Waals surface area contributed by atoms with Gasteiger partial charge in [0.05, 0.1) is 17.8 Å². The van der Waals surface area contributed by atoms with Gasteiger partial charge in [-0.2, -0.15) is 0 Å². The highest BCUT2D eigenvalue weighted by Crippen LogP contribution is 2.21. The van der Waals surface area contributed by atoms with Crippen molar-refractivity contribution < 1.29 is 9.53 Å². The predicted octanol–water partition coefficient (Wildman–Crippen LogP) is 3.60. The zero-order valence-electron chi connectivity index (χ0n) is 15.8. The minimum Gasteiger partial charge on any atom is -0.481 e. The van der Waals surface area contributed by atoms with Crippen LogP contribution < -0.4 is 10.1 Å². The van der Waals surface area contributed by atoms with Crippen LogP contribution in [0.3, 0.4) is 0 Å². The Balaban J connectivity index is 1.28. The van der Waals surface area contributed by atoms with E-state index >= 15 is 0 Å². The van der Waals surface area contributed by atoms with Crippen molar-refractivity contribution in [1.82, 2.24) is 19.9 Å². The minimum absolute atomic E-state index is 0.172. The molecule has 0 fully saturated rings. The molecule has 29 heavy (non-hydrogen) atoms. The van der Waals surface area contributed by atoms with Gasteiger partial charge in [0.1, 0.15) is 17.2 Å². The zero-order valence-corrected chi connectivity index (χ0v) is 16.6. The maximum absolute atomic E-state index is 12.4. The molecule has 0 aliphatic rings. The Morgan fingerprint density at radius 3 is 2.93 bits per heavy atom. The first-order valence-electron chi connectivity index (χ1n) is 9.03. The molecule has 0 aliphatic heterocycles. The molecule has 0 spiro atoms. The van der Waals surface area contributed by atoms with Crippen LogP contribution in [0.5, 0.6) is 5.75 Å². The van der Waals surface area contributed by atoms with Crippen LogP contribution in [-0.4, -0.2) is 33.6 Å². The number of rotatable bonds is 5. The maximum Gasteiger partial charge on any atom is 0.264 e. The lowest BCUT2D eigenvalue weighted by Crippen LogP contribution is -2.23. The van der Waals surface area contributed by atoms with Crippen LogP contribution in [0, 0.1) is 18.8 Å². The highest BCUT2D eigenvalue weighted by atomic mass is 32.1. The van der Waals surface area contributed by atoms with E-state index in [-0.39, 0.29) is 19.1 Å². The van der Waals surface area contributed by atoms with Gasteiger partial charge in [-0.25, -0.2) is 4.98 Å². The Labute approximate surface area is 172 Å². The molecule has 1 aromatic carbocycles. The van der Waals surface area contributed by atoms with Crippen LogP contribution in [0.4, 0.5) is 0 Å². The molecule has 144 valence electrons. The van der Waals surface area contributed by atoms with Gasteiger partial charge in [-0.1, -0.05) is 29.2 Å². The normalized spacial score (nSPS) is 10.4. The summed E-state index contributed by atoms with van der Waals surface area (Å²) in [4.78, 5) is 21.7. The molecule has 0 bridgehead atoms. The number of amides is 1. The highest BCUT2D eigenvalue weighted by molar-refractivity contribution is 7.16. The molecule has 4 aromatic rings. The second kappa shape index (κ2) is 8.59. The van der Waals surface area contributed by atoms with Crippen LogP contribution in [0.2, 0.25) is 0 Å². The number of carbonyl (C=O) groups is 1. The molecule has 0 aliphatic carbocycles. The lowest BCUT2D eigenvalue weighted by atomic mass is 10.2. The summed E-state index contributed by atoms with van der Waals surface area (Å²) in [5.74, 6) is 6.35. The Morgan fingerprint density at radius 2 is 2.07 bits per heavy atom. The molecule has 7 heteroatoms. The standard InChI is InChI=1S/C22H18N4O2S/c1-16-20(29-22(25-16)26-12-3-4-13-26)21(27)24-10-2-5-14-28-18-9-8-17-7-6-11-23-19(17)15-18/h3-4,6-9,11-13,15H,10,14H2,1H3,(H,24,27). The lowest BCUT2D eigenvalue weighted by Gasteiger charge is -2.03. The van der Waals surface area contributed by atoms with Crippen LogP contribution in [0.15, 0.2) is 61.1 Å². The summed E-state index contributed by atoms with van der Waals surface area (Å²) in [5, 5.41) is 4.63. The van der Waals surface area contributed by atoms with Crippen molar-refractivity contribution in [2.45, 2.75) is 6.92 Å². The Hall–Kier alpha value is -3.63. The van der Waals surface area contributed by atoms with E-state index in [1.807, 2.05) is 66.3 Å². The van der Waals surface area contributed by atoms with Gasteiger partial charge in [0.25, 0.3) is 5.91 Å². The fraction of sp³-hybridized carbons (Fsp3) is 0.136. The van der Waals surface area contributed by atoms with Crippen molar-refractivity contribution >= 4 is 28.1 Å². The summed E-state index contributed by atoms with van der Waals surface area (Å²) >= 11 is 1.35.